The third-order valence-electron chi connectivity index (χ3n) is 4.46. The Morgan fingerprint density at radius 1 is 1.19 bits per heavy atom. The van der Waals surface area contributed by atoms with E-state index in [4.69, 9.17) is 14.5 Å². The molecule has 0 aliphatic heterocycles. The van der Waals surface area contributed by atoms with Gasteiger partial charge in [-0.15, -0.1) is 0 Å². The van der Waals surface area contributed by atoms with Gasteiger partial charge in [0.25, 0.3) is 11.9 Å². The highest BCUT2D eigenvalue weighted by Crippen LogP contribution is 2.32. The molecule has 1 aliphatic carbocycles. The first-order valence-corrected chi connectivity index (χ1v) is 8.95. The number of fused-ring (bicyclic) bond motifs is 1. The molecule has 2 aromatic rings. The molecule has 0 saturated heterocycles. The lowest BCUT2D eigenvalue weighted by atomic mass is 9.88. The Morgan fingerprint density at radius 3 is 2.69 bits per heavy atom. The van der Waals surface area contributed by atoms with Gasteiger partial charge in [0.05, 0.1) is 19.8 Å². The number of hydrogen-bond donors (Lipinski definition) is 1. The number of aliphatic imine (C=N–C) groups is 1. The maximum absolute atomic E-state index is 12.5. The Bertz CT molecular complexity index is 784. The molecular weight excluding hydrogens is 328 g/mol. The first-order valence-electron chi connectivity index (χ1n) is 8.95. The molecule has 5 nitrogen and oxygen atoms in total. The summed E-state index contributed by atoms with van der Waals surface area (Å²) in [7, 11) is 1.59. The average molecular weight is 352 g/mol. The minimum atomic E-state index is -0.246. The Hall–Kier alpha value is -2.82. The van der Waals surface area contributed by atoms with Gasteiger partial charge in [-0.3, -0.25) is 10.1 Å². The van der Waals surface area contributed by atoms with Gasteiger partial charge >= 0.3 is 0 Å². The standard InChI is InChI=1S/C21H24N2O3/c1-3-26-21(23-20(24)16-11-13-17(25-2)14-12-16)22-19-10-6-8-15-7-4-5-9-18(15)19/h4-5,7,9,11-14,19H,3,6,8,10H2,1-2H3,(H,22,23,24)/t19-/m1/s1. The molecule has 0 spiro atoms. The molecule has 0 aromatic heterocycles. The van der Waals surface area contributed by atoms with Crippen LogP contribution in [0.25, 0.3) is 0 Å². The molecule has 1 amide bonds. The van der Waals surface area contributed by atoms with E-state index in [1.54, 1.807) is 31.4 Å². The van der Waals surface area contributed by atoms with E-state index in [9.17, 15) is 4.79 Å². The van der Waals surface area contributed by atoms with Crippen LogP contribution in [0.4, 0.5) is 0 Å². The van der Waals surface area contributed by atoms with Crippen molar-refractivity contribution in [1.82, 2.24) is 5.32 Å². The van der Waals surface area contributed by atoms with E-state index in [2.05, 4.69) is 23.5 Å². The van der Waals surface area contributed by atoms with E-state index >= 15 is 0 Å². The number of rotatable bonds is 4. The summed E-state index contributed by atoms with van der Waals surface area (Å²) in [6, 6.07) is 15.6. The minimum Gasteiger partial charge on any atom is -0.497 e. The van der Waals surface area contributed by atoms with E-state index in [0.29, 0.717) is 17.9 Å². The second-order valence-electron chi connectivity index (χ2n) is 6.16. The average Bonchev–Trinajstić information content (AvgIpc) is 2.68. The quantitative estimate of drug-likeness (QED) is 0.671. The molecule has 2 aromatic carbocycles. The highest BCUT2D eigenvalue weighted by molar-refractivity contribution is 6.04. The number of carbonyl (C=O) groups is 1. The molecule has 3 rings (SSSR count). The van der Waals surface area contributed by atoms with E-state index < -0.39 is 0 Å². The number of aryl methyl sites for hydroxylation is 1. The minimum absolute atomic E-state index is 0.0117. The number of carbonyl (C=O) groups excluding carboxylic acids is 1. The van der Waals surface area contributed by atoms with Crippen LogP contribution >= 0.6 is 0 Å². The fourth-order valence-electron chi connectivity index (χ4n) is 3.16. The van der Waals surface area contributed by atoms with Crippen molar-refractivity contribution in [2.24, 2.45) is 4.99 Å². The lowest BCUT2D eigenvalue weighted by Crippen LogP contribution is -2.33. The summed E-state index contributed by atoms with van der Waals surface area (Å²) in [5.41, 5.74) is 3.07. The molecule has 0 radical (unpaired) electrons. The van der Waals surface area contributed by atoms with E-state index in [0.717, 1.165) is 19.3 Å². The molecule has 0 heterocycles. The second-order valence-corrected chi connectivity index (χ2v) is 6.16. The Kier molecular flexibility index (Phi) is 5.89. The van der Waals surface area contributed by atoms with Crippen molar-refractivity contribution in [2.45, 2.75) is 32.2 Å². The van der Waals surface area contributed by atoms with Crippen LogP contribution in [0.1, 0.15) is 47.3 Å². The van der Waals surface area contributed by atoms with Crippen LogP contribution in [0.3, 0.4) is 0 Å². The topological polar surface area (TPSA) is 59.9 Å². The molecule has 136 valence electrons. The van der Waals surface area contributed by atoms with Crippen molar-refractivity contribution in [3.63, 3.8) is 0 Å². The highest BCUT2D eigenvalue weighted by Gasteiger charge is 2.21. The van der Waals surface area contributed by atoms with Gasteiger partial charge in [-0.05, 0) is 61.6 Å². The van der Waals surface area contributed by atoms with E-state index in [-0.39, 0.29) is 18.0 Å². The Morgan fingerprint density at radius 2 is 1.96 bits per heavy atom. The molecule has 0 bridgehead atoms. The molecule has 1 N–H and O–H groups in total. The maximum atomic E-state index is 12.5. The first-order chi connectivity index (χ1) is 12.7. The highest BCUT2D eigenvalue weighted by atomic mass is 16.5. The van der Waals surface area contributed by atoms with Gasteiger partial charge in [0.1, 0.15) is 5.75 Å². The van der Waals surface area contributed by atoms with Gasteiger partial charge in [0.2, 0.25) is 0 Å². The Labute approximate surface area is 154 Å². The fourth-order valence-corrected chi connectivity index (χ4v) is 3.16. The number of benzene rings is 2. The monoisotopic (exact) mass is 352 g/mol. The van der Waals surface area contributed by atoms with Crippen LogP contribution in [0, 0.1) is 0 Å². The summed E-state index contributed by atoms with van der Waals surface area (Å²) in [6.45, 7) is 2.32. The zero-order valence-corrected chi connectivity index (χ0v) is 15.2. The van der Waals surface area contributed by atoms with Crippen LogP contribution in [-0.4, -0.2) is 25.6 Å². The SMILES string of the molecule is CCOC(=N[C@@H]1CCCc2ccccc21)NC(=O)c1ccc(OC)cc1. The number of amidine groups is 1. The summed E-state index contributed by atoms with van der Waals surface area (Å²) in [5, 5.41) is 2.80. The molecule has 26 heavy (non-hydrogen) atoms. The van der Waals surface area contributed by atoms with Crippen LogP contribution in [0.5, 0.6) is 5.75 Å². The largest absolute Gasteiger partial charge is 0.497 e. The van der Waals surface area contributed by atoms with Crippen molar-refractivity contribution in [3.05, 3.63) is 65.2 Å². The maximum Gasteiger partial charge on any atom is 0.292 e. The predicted molar refractivity (Wildman–Crippen MR) is 102 cm³/mol. The lowest BCUT2D eigenvalue weighted by molar-refractivity contribution is 0.0966. The molecular formula is C21H24N2O3. The van der Waals surface area contributed by atoms with Crippen molar-refractivity contribution in [3.8, 4) is 5.75 Å². The number of nitrogens with zero attached hydrogens (tertiary/aromatic N) is 1. The van der Waals surface area contributed by atoms with Crippen LogP contribution in [0.15, 0.2) is 53.5 Å². The van der Waals surface area contributed by atoms with E-state index in [1.807, 2.05) is 13.0 Å². The van der Waals surface area contributed by atoms with Crippen molar-refractivity contribution in [2.75, 3.05) is 13.7 Å². The molecule has 5 heteroatoms. The van der Waals surface area contributed by atoms with Crippen molar-refractivity contribution in [1.29, 1.82) is 0 Å². The van der Waals surface area contributed by atoms with Gasteiger partial charge in [0, 0.05) is 5.56 Å². The summed E-state index contributed by atoms with van der Waals surface area (Å²) >= 11 is 0. The normalized spacial score (nSPS) is 16.5. The lowest BCUT2D eigenvalue weighted by Gasteiger charge is -2.23. The predicted octanol–water partition coefficient (Wildman–Crippen LogP) is 3.90. The Balaban J connectivity index is 1.78. The first kappa shape index (κ1) is 18.0. The third kappa shape index (κ3) is 4.23. The smallest absolute Gasteiger partial charge is 0.292 e. The van der Waals surface area contributed by atoms with E-state index in [1.165, 1.54) is 11.1 Å². The number of methoxy groups -OCH3 is 1. The zero-order chi connectivity index (χ0) is 18.4. The van der Waals surface area contributed by atoms with Crippen LogP contribution in [-0.2, 0) is 11.2 Å². The third-order valence-corrected chi connectivity index (χ3v) is 4.46. The molecule has 0 fully saturated rings. The summed E-state index contributed by atoms with van der Waals surface area (Å²) in [5.74, 6) is 0.461. The number of ether oxygens (including phenoxy) is 2. The van der Waals surface area contributed by atoms with Gasteiger partial charge in [0.15, 0.2) is 0 Å². The van der Waals surface area contributed by atoms with Gasteiger partial charge in [-0.1, -0.05) is 24.3 Å². The molecule has 1 atom stereocenters. The van der Waals surface area contributed by atoms with Crippen molar-refractivity contribution < 1.29 is 14.3 Å². The summed E-state index contributed by atoms with van der Waals surface area (Å²) in [4.78, 5) is 17.2. The van der Waals surface area contributed by atoms with Gasteiger partial charge in [-0.25, -0.2) is 4.99 Å². The van der Waals surface area contributed by atoms with Crippen LogP contribution in [0.2, 0.25) is 0 Å². The molecule has 0 unspecified atom stereocenters. The second kappa shape index (κ2) is 8.52. The summed E-state index contributed by atoms with van der Waals surface area (Å²) < 4.78 is 10.7. The summed E-state index contributed by atoms with van der Waals surface area (Å²) in [6.07, 6.45) is 3.10. The molecule has 0 saturated carbocycles. The van der Waals surface area contributed by atoms with Gasteiger partial charge in [-0.2, -0.15) is 0 Å². The van der Waals surface area contributed by atoms with Crippen LogP contribution < -0.4 is 10.1 Å². The van der Waals surface area contributed by atoms with Gasteiger partial charge < -0.3 is 9.47 Å². The molecule has 1 aliphatic rings. The number of nitrogens with one attached hydrogen (secondary N) is 1. The number of amides is 1. The van der Waals surface area contributed by atoms with Crippen molar-refractivity contribution >= 4 is 11.9 Å². The number of hydrogen-bond acceptors (Lipinski definition) is 4. The fraction of sp³-hybridized carbons (Fsp3) is 0.333. The zero-order valence-electron chi connectivity index (χ0n) is 15.2.